The molecule has 0 aromatic carbocycles. The van der Waals surface area contributed by atoms with Crippen LogP contribution in [-0.4, -0.2) is 86.3 Å². The molecule has 2 amide bonds. The number of hydrogen-bond donors (Lipinski definition) is 2. The molecule has 2 N–H and O–H groups in total. The number of piperazine rings is 1. The molecule has 0 atom stereocenters. The Balaban J connectivity index is 0.00000210. The number of hydrogen-bond acceptors (Lipinski definition) is 7. The van der Waals surface area contributed by atoms with Gasteiger partial charge < -0.3 is 24.8 Å². The van der Waals surface area contributed by atoms with Gasteiger partial charge in [-0.3, -0.25) is 14.5 Å². The molecular formula is C18H31Cl2N5O4. The predicted octanol–water partition coefficient (Wildman–Crippen LogP) is 0.926. The molecule has 0 saturated carbocycles. The lowest BCUT2D eigenvalue weighted by Gasteiger charge is -2.42. The van der Waals surface area contributed by atoms with E-state index in [1.54, 1.807) is 20.1 Å². The Bertz CT molecular complexity index is 653. The highest BCUT2D eigenvalue weighted by Crippen LogP contribution is 2.32. The SMILES string of the molecule is COCC1(C(=O)N2CCN(CC(=O)Nc3cc(C)on3)CC2)CCNCC1.Cl.Cl. The lowest BCUT2D eigenvalue weighted by atomic mass is 9.78. The summed E-state index contributed by atoms with van der Waals surface area (Å²) in [5.74, 6) is 1.14. The number of carbonyl (C=O) groups is 2. The first-order chi connectivity index (χ1) is 13.0. The van der Waals surface area contributed by atoms with Crippen LogP contribution in [0.2, 0.25) is 0 Å². The summed E-state index contributed by atoms with van der Waals surface area (Å²) >= 11 is 0. The second-order valence-electron chi connectivity index (χ2n) is 7.40. The van der Waals surface area contributed by atoms with Crippen molar-refractivity contribution in [2.24, 2.45) is 5.41 Å². The molecule has 1 aromatic rings. The Hall–Kier alpha value is -1.39. The molecule has 11 heteroatoms. The quantitative estimate of drug-likeness (QED) is 0.663. The lowest BCUT2D eigenvalue weighted by molar-refractivity contribution is -0.149. The van der Waals surface area contributed by atoms with E-state index in [0.29, 0.717) is 44.4 Å². The highest BCUT2D eigenvalue weighted by molar-refractivity contribution is 5.91. The van der Waals surface area contributed by atoms with Crippen LogP contribution in [0, 0.1) is 12.3 Å². The lowest BCUT2D eigenvalue weighted by Crippen LogP contribution is -2.57. The van der Waals surface area contributed by atoms with Crippen molar-refractivity contribution in [2.45, 2.75) is 19.8 Å². The van der Waals surface area contributed by atoms with Gasteiger partial charge in [0.1, 0.15) is 5.76 Å². The number of amides is 2. The van der Waals surface area contributed by atoms with E-state index in [-0.39, 0.29) is 43.2 Å². The number of piperidine rings is 1. The second-order valence-corrected chi connectivity index (χ2v) is 7.40. The minimum Gasteiger partial charge on any atom is -0.384 e. The topological polar surface area (TPSA) is 99.9 Å². The number of rotatable bonds is 6. The van der Waals surface area contributed by atoms with Gasteiger partial charge in [-0.25, -0.2) is 0 Å². The van der Waals surface area contributed by atoms with Gasteiger partial charge in [-0.15, -0.1) is 24.8 Å². The largest absolute Gasteiger partial charge is 0.384 e. The molecule has 2 saturated heterocycles. The van der Waals surface area contributed by atoms with Crippen molar-refractivity contribution >= 4 is 42.4 Å². The summed E-state index contributed by atoms with van der Waals surface area (Å²) in [5, 5.41) is 9.81. The van der Waals surface area contributed by atoms with Crippen LogP contribution >= 0.6 is 24.8 Å². The molecular weight excluding hydrogens is 421 g/mol. The van der Waals surface area contributed by atoms with E-state index >= 15 is 0 Å². The summed E-state index contributed by atoms with van der Waals surface area (Å²) in [6.45, 7) is 6.83. The Morgan fingerprint density at radius 3 is 2.45 bits per heavy atom. The van der Waals surface area contributed by atoms with Gasteiger partial charge in [-0.2, -0.15) is 0 Å². The zero-order chi connectivity index (χ0) is 19.3. The van der Waals surface area contributed by atoms with Crippen molar-refractivity contribution in [1.29, 1.82) is 0 Å². The van der Waals surface area contributed by atoms with Crippen LogP contribution in [-0.2, 0) is 14.3 Å². The van der Waals surface area contributed by atoms with E-state index in [1.807, 2.05) is 4.90 Å². The molecule has 0 aliphatic carbocycles. The highest BCUT2D eigenvalue weighted by Gasteiger charge is 2.42. The van der Waals surface area contributed by atoms with Crippen molar-refractivity contribution in [3.63, 3.8) is 0 Å². The number of carbonyl (C=O) groups excluding carboxylic acids is 2. The summed E-state index contributed by atoms with van der Waals surface area (Å²) in [6, 6.07) is 1.68. The van der Waals surface area contributed by atoms with Gasteiger partial charge >= 0.3 is 0 Å². The van der Waals surface area contributed by atoms with E-state index in [4.69, 9.17) is 9.26 Å². The van der Waals surface area contributed by atoms with Crippen LogP contribution in [0.4, 0.5) is 5.82 Å². The maximum absolute atomic E-state index is 13.1. The third-order valence-electron chi connectivity index (χ3n) is 5.36. The number of anilines is 1. The van der Waals surface area contributed by atoms with E-state index in [0.717, 1.165) is 25.9 Å². The van der Waals surface area contributed by atoms with Gasteiger partial charge in [0, 0.05) is 39.4 Å². The molecule has 0 bridgehead atoms. The van der Waals surface area contributed by atoms with Crippen molar-refractivity contribution in [1.82, 2.24) is 20.3 Å². The fourth-order valence-corrected chi connectivity index (χ4v) is 3.86. The first-order valence-corrected chi connectivity index (χ1v) is 9.47. The molecule has 3 rings (SSSR count). The van der Waals surface area contributed by atoms with Gasteiger partial charge in [0.2, 0.25) is 11.8 Å². The Morgan fingerprint density at radius 2 is 1.90 bits per heavy atom. The average Bonchev–Trinajstić information content (AvgIpc) is 3.07. The Labute approximate surface area is 183 Å². The van der Waals surface area contributed by atoms with Crippen LogP contribution in [0.15, 0.2) is 10.6 Å². The monoisotopic (exact) mass is 451 g/mol. The smallest absolute Gasteiger partial charge is 0.239 e. The molecule has 0 radical (unpaired) electrons. The first-order valence-electron chi connectivity index (χ1n) is 9.47. The molecule has 2 aliphatic heterocycles. The number of ether oxygens (including phenoxy) is 1. The van der Waals surface area contributed by atoms with Crippen LogP contribution in [0.25, 0.3) is 0 Å². The molecule has 0 unspecified atom stereocenters. The third kappa shape index (κ3) is 6.55. The summed E-state index contributed by atoms with van der Waals surface area (Å²) in [4.78, 5) is 29.3. The number of aromatic nitrogens is 1. The zero-order valence-corrected chi connectivity index (χ0v) is 18.6. The van der Waals surface area contributed by atoms with Crippen molar-refractivity contribution in [2.75, 3.05) is 64.8 Å². The van der Waals surface area contributed by atoms with E-state index < -0.39 is 5.41 Å². The fourth-order valence-electron chi connectivity index (χ4n) is 3.86. The summed E-state index contributed by atoms with van der Waals surface area (Å²) < 4.78 is 10.3. The molecule has 166 valence electrons. The third-order valence-corrected chi connectivity index (χ3v) is 5.36. The van der Waals surface area contributed by atoms with Crippen molar-refractivity contribution < 1.29 is 18.8 Å². The van der Waals surface area contributed by atoms with Crippen LogP contribution in [0.1, 0.15) is 18.6 Å². The maximum atomic E-state index is 13.1. The minimum absolute atomic E-state index is 0. The van der Waals surface area contributed by atoms with E-state index in [9.17, 15) is 9.59 Å². The molecule has 2 aliphatic rings. The Morgan fingerprint density at radius 1 is 1.24 bits per heavy atom. The summed E-state index contributed by atoms with van der Waals surface area (Å²) in [7, 11) is 1.66. The average molecular weight is 452 g/mol. The molecule has 0 spiro atoms. The van der Waals surface area contributed by atoms with Gasteiger partial charge in [0.15, 0.2) is 5.82 Å². The summed E-state index contributed by atoms with van der Waals surface area (Å²) in [6.07, 6.45) is 1.61. The zero-order valence-electron chi connectivity index (χ0n) is 16.9. The second kappa shape index (κ2) is 11.7. The number of aryl methyl sites for hydroxylation is 1. The number of nitrogens with zero attached hydrogens (tertiary/aromatic N) is 3. The molecule has 2 fully saturated rings. The van der Waals surface area contributed by atoms with E-state index in [2.05, 4.69) is 20.7 Å². The van der Waals surface area contributed by atoms with Crippen LogP contribution in [0.5, 0.6) is 0 Å². The van der Waals surface area contributed by atoms with Crippen LogP contribution in [0.3, 0.4) is 0 Å². The number of halogens is 2. The summed E-state index contributed by atoms with van der Waals surface area (Å²) in [5.41, 5.74) is -0.412. The Kier molecular flexibility index (Phi) is 10.4. The fraction of sp³-hybridized carbons (Fsp3) is 0.722. The highest BCUT2D eigenvalue weighted by atomic mass is 35.5. The van der Waals surface area contributed by atoms with Crippen LogP contribution < -0.4 is 10.6 Å². The number of methoxy groups -OCH3 is 1. The standard InChI is InChI=1S/C18H29N5O4.2ClH/c1-14-11-15(21-27-14)20-16(24)12-22-7-9-23(10-8-22)17(25)18(13-26-2)3-5-19-6-4-18;;/h11,19H,3-10,12-13H2,1-2H3,(H,20,21,24);2*1H. The van der Waals surface area contributed by atoms with Gasteiger partial charge in [-0.1, -0.05) is 5.16 Å². The van der Waals surface area contributed by atoms with E-state index in [1.165, 1.54) is 0 Å². The van der Waals surface area contributed by atoms with Crippen molar-refractivity contribution in [3.05, 3.63) is 11.8 Å². The molecule has 9 nitrogen and oxygen atoms in total. The minimum atomic E-state index is -0.412. The van der Waals surface area contributed by atoms with Gasteiger partial charge in [0.25, 0.3) is 0 Å². The van der Waals surface area contributed by atoms with Gasteiger partial charge in [-0.05, 0) is 32.9 Å². The molecule has 29 heavy (non-hydrogen) atoms. The normalized spacial score (nSPS) is 19.0. The predicted molar refractivity (Wildman–Crippen MR) is 114 cm³/mol. The van der Waals surface area contributed by atoms with Gasteiger partial charge in [0.05, 0.1) is 18.6 Å². The molecule has 3 heterocycles. The van der Waals surface area contributed by atoms with Crippen molar-refractivity contribution in [3.8, 4) is 0 Å². The first kappa shape index (κ1) is 25.6. The maximum Gasteiger partial charge on any atom is 0.239 e. The molecule has 1 aromatic heterocycles. The number of nitrogens with one attached hydrogen (secondary N) is 2.